The molecule has 2 aromatic rings. The zero-order valence-electron chi connectivity index (χ0n) is 11.1. The molecule has 0 atom stereocenters. The highest BCUT2D eigenvalue weighted by molar-refractivity contribution is 6.30. The van der Waals surface area contributed by atoms with Crippen molar-refractivity contribution in [3.63, 3.8) is 0 Å². The summed E-state index contributed by atoms with van der Waals surface area (Å²) in [5, 5.41) is 0.398. The Bertz CT molecular complexity index is 749. The van der Waals surface area contributed by atoms with E-state index >= 15 is 0 Å². The Hall–Kier alpha value is -2.21. The standard InChI is InChI=1S/C15H9ClF3NO2/c16-9-3-1-8(2-4-9)12-10(17)7-11(18)14(13(12)19)20-5-6-22-15(20)21/h1-4,7H,5-6H2. The van der Waals surface area contributed by atoms with Gasteiger partial charge in [0.05, 0.1) is 12.1 Å². The number of rotatable bonds is 2. The second-order valence-corrected chi connectivity index (χ2v) is 5.09. The third kappa shape index (κ3) is 2.39. The molecule has 0 N–H and O–H groups in total. The molecular weight excluding hydrogens is 319 g/mol. The first kappa shape index (κ1) is 14.7. The number of cyclic esters (lactones) is 1. The average Bonchev–Trinajstić information content (AvgIpc) is 2.87. The lowest BCUT2D eigenvalue weighted by Gasteiger charge is -2.17. The first-order valence-corrected chi connectivity index (χ1v) is 6.74. The van der Waals surface area contributed by atoms with Crippen LogP contribution in [0.1, 0.15) is 0 Å². The topological polar surface area (TPSA) is 29.5 Å². The van der Waals surface area contributed by atoms with Gasteiger partial charge < -0.3 is 4.74 Å². The maximum Gasteiger partial charge on any atom is 0.414 e. The smallest absolute Gasteiger partial charge is 0.414 e. The third-order valence-corrected chi connectivity index (χ3v) is 3.56. The van der Waals surface area contributed by atoms with Gasteiger partial charge in [-0.2, -0.15) is 0 Å². The van der Waals surface area contributed by atoms with Crippen LogP contribution in [0.5, 0.6) is 0 Å². The quantitative estimate of drug-likeness (QED) is 0.819. The third-order valence-electron chi connectivity index (χ3n) is 3.31. The lowest BCUT2D eigenvalue weighted by Crippen LogP contribution is -2.26. The molecule has 0 saturated carbocycles. The van der Waals surface area contributed by atoms with Gasteiger partial charge in [0.15, 0.2) is 11.6 Å². The first-order chi connectivity index (χ1) is 10.5. The molecule has 0 radical (unpaired) electrons. The lowest BCUT2D eigenvalue weighted by molar-refractivity contribution is 0.181. The average molecular weight is 328 g/mol. The summed E-state index contributed by atoms with van der Waals surface area (Å²) in [7, 11) is 0. The van der Waals surface area contributed by atoms with Crippen molar-refractivity contribution in [3.8, 4) is 11.1 Å². The lowest BCUT2D eigenvalue weighted by atomic mass is 10.0. The van der Waals surface area contributed by atoms with Crippen molar-refractivity contribution >= 4 is 23.4 Å². The van der Waals surface area contributed by atoms with E-state index in [4.69, 9.17) is 11.6 Å². The van der Waals surface area contributed by atoms with Gasteiger partial charge in [-0.25, -0.2) is 18.0 Å². The zero-order chi connectivity index (χ0) is 15.9. The highest BCUT2D eigenvalue weighted by Crippen LogP contribution is 2.36. The van der Waals surface area contributed by atoms with Crippen molar-refractivity contribution in [2.45, 2.75) is 0 Å². The van der Waals surface area contributed by atoms with Gasteiger partial charge in [0.2, 0.25) is 0 Å². The summed E-state index contributed by atoms with van der Waals surface area (Å²) in [6.45, 7) is 0.0176. The number of carbonyl (C=O) groups is 1. The van der Waals surface area contributed by atoms with Gasteiger partial charge in [0.25, 0.3) is 0 Å². The van der Waals surface area contributed by atoms with Gasteiger partial charge in [-0.3, -0.25) is 4.90 Å². The molecule has 1 amide bonds. The van der Waals surface area contributed by atoms with E-state index in [9.17, 15) is 18.0 Å². The number of nitrogens with zero attached hydrogens (tertiary/aromatic N) is 1. The Morgan fingerprint density at radius 3 is 2.36 bits per heavy atom. The molecule has 1 heterocycles. The molecule has 1 aliphatic heterocycles. The van der Waals surface area contributed by atoms with Gasteiger partial charge >= 0.3 is 6.09 Å². The molecule has 0 aliphatic carbocycles. The Balaban J connectivity index is 2.19. The van der Waals surface area contributed by atoms with Gasteiger partial charge in [-0.1, -0.05) is 23.7 Å². The maximum absolute atomic E-state index is 14.6. The minimum absolute atomic E-state index is 0.00162. The number of anilines is 1. The van der Waals surface area contributed by atoms with Crippen LogP contribution in [0.2, 0.25) is 5.02 Å². The molecule has 0 aromatic heterocycles. The SMILES string of the molecule is O=C1OCCN1c1c(F)cc(F)c(-c2ccc(Cl)cc2)c1F. The molecule has 0 unspecified atom stereocenters. The normalized spacial score (nSPS) is 14.4. The van der Waals surface area contributed by atoms with E-state index in [1.165, 1.54) is 24.3 Å². The fraction of sp³-hybridized carbons (Fsp3) is 0.133. The zero-order valence-corrected chi connectivity index (χ0v) is 11.8. The highest BCUT2D eigenvalue weighted by atomic mass is 35.5. The van der Waals surface area contributed by atoms with Crippen LogP contribution < -0.4 is 4.90 Å². The van der Waals surface area contributed by atoms with Crippen LogP contribution in [0, 0.1) is 17.5 Å². The number of benzene rings is 2. The molecule has 3 rings (SSSR count). The van der Waals surface area contributed by atoms with E-state index in [1.807, 2.05) is 0 Å². The Labute approximate surface area is 128 Å². The largest absolute Gasteiger partial charge is 0.447 e. The summed E-state index contributed by atoms with van der Waals surface area (Å²) >= 11 is 5.74. The molecule has 22 heavy (non-hydrogen) atoms. The molecule has 1 saturated heterocycles. The molecule has 2 aromatic carbocycles. The number of hydrogen-bond acceptors (Lipinski definition) is 2. The second kappa shape index (κ2) is 5.53. The predicted molar refractivity (Wildman–Crippen MR) is 75.5 cm³/mol. The van der Waals surface area contributed by atoms with Gasteiger partial charge in [-0.05, 0) is 17.7 Å². The minimum Gasteiger partial charge on any atom is -0.447 e. The van der Waals surface area contributed by atoms with E-state index in [2.05, 4.69) is 4.74 Å². The maximum atomic E-state index is 14.6. The summed E-state index contributed by atoms with van der Waals surface area (Å²) in [5.74, 6) is -3.38. The van der Waals surface area contributed by atoms with Crippen LogP contribution in [-0.4, -0.2) is 19.2 Å². The van der Waals surface area contributed by atoms with Crippen LogP contribution in [0.25, 0.3) is 11.1 Å². The molecule has 0 bridgehead atoms. The predicted octanol–water partition coefficient (Wildman–Crippen LogP) is 4.38. The van der Waals surface area contributed by atoms with Crippen LogP contribution in [0.15, 0.2) is 30.3 Å². The number of hydrogen-bond donors (Lipinski definition) is 0. The molecule has 114 valence electrons. The number of amides is 1. The Morgan fingerprint density at radius 2 is 1.77 bits per heavy atom. The molecule has 7 heteroatoms. The summed E-state index contributed by atoms with van der Waals surface area (Å²) in [6, 6.07) is 6.29. The monoisotopic (exact) mass is 327 g/mol. The number of halogens is 4. The summed E-state index contributed by atoms with van der Waals surface area (Å²) < 4.78 is 47.3. The van der Waals surface area contributed by atoms with Gasteiger partial charge in [0.1, 0.15) is 18.1 Å². The van der Waals surface area contributed by atoms with Crippen molar-refractivity contribution in [2.24, 2.45) is 0 Å². The summed E-state index contributed by atoms with van der Waals surface area (Å²) in [6.07, 6.45) is -0.869. The number of carbonyl (C=O) groups excluding carboxylic acids is 1. The second-order valence-electron chi connectivity index (χ2n) is 4.65. The van der Waals surface area contributed by atoms with Crippen molar-refractivity contribution < 1.29 is 22.7 Å². The Kier molecular flexibility index (Phi) is 3.70. The van der Waals surface area contributed by atoms with Gasteiger partial charge in [-0.15, -0.1) is 0 Å². The Morgan fingerprint density at radius 1 is 1.09 bits per heavy atom. The van der Waals surface area contributed by atoms with Gasteiger partial charge in [0, 0.05) is 11.1 Å². The summed E-state index contributed by atoms with van der Waals surface area (Å²) in [5.41, 5.74) is -0.852. The van der Waals surface area contributed by atoms with E-state index in [0.717, 1.165) is 4.90 Å². The fourth-order valence-electron chi connectivity index (χ4n) is 2.30. The molecule has 1 fully saturated rings. The van der Waals surface area contributed by atoms with Crippen molar-refractivity contribution in [3.05, 3.63) is 52.8 Å². The van der Waals surface area contributed by atoms with E-state index < -0.39 is 34.8 Å². The van der Waals surface area contributed by atoms with Crippen LogP contribution >= 0.6 is 11.6 Å². The van der Waals surface area contributed by atoms with E-state index in [0.29, 0.717) is 11.1 Å². The van der Waals surface area contributed by atoms with Crippen LogP contribution in [0.4, 0.5) is 23.7 Å². The molecule has 1 aliphatic rings. The van der Waals surface area contributed by atoms with Crippen LogP contribution in [-0.2, 0) is 4.74 Å². The van der Waals surface area contributed by atoms with E-state index in [-0.39, 0.29) is 18.7 Å². The van der Waals surface area contributed by atoms with Crippen molar-refractivity contribution in [1.82, 2.24) is 0 Å². The molecule has 3 nitrogen and oxygen atoms in total. The number of ether oxygens (including phenoxy) is 1. The van der Waals surface area contributed by atoms with E-state index in [1.54, 1.807) is 0 Å². The minimum atomic E-state index is -1.16. The van der Waals surface area contributed by atoms with Crippen molar-refractivity contribution in [2.75, 3.05) is 18.1 Å². The summed E-state index contributed by atoms with van der Waals surface area (Å²) in [4.78, 5) is 12.3. The molecule has 0 spiro atoms. The van der Waals surface area contributed by atoms with Crippen LogP contribution in [0.3, 0.4) is 0 Å². The first-order valence-electron chi connectivity index (χ1n) is 6.37. The van der Waals surface area contributed by atoms with Crippen molar-refractivity contribution in [1.29, 1.82) is 0 Å². The fourth-order valence-corrected chi connectivity index (χ4v) is 2.43. The molecular formula is C15H9ClF3NO2. The highest BCUT2D eigenvalue weighted by Gasteiger charge is 2.31.